The van der Waals surface area contributed by atoms with Crippen molar-refractivity contribution in [2.75, 3.05) is 18.4 Å². The first-order chi connectivity index (χ1) is 11.5. The third-order valence-corrected chi connectivity index (χ3v) is 4.45. The average molecular weight is 324 g/mol. The molecule has 0 saturated carbocycles. The number of aromatic nitrogens is 2. The van der Waals surface area contributed by atoms with E-state index in [-0.39, 0.29) is 5.91 Å². The summed E-state index contributed by atoms with van der Waals surface area (Å²) >= 11 is 0. The van der Waals surface area contributed by atoms with Gasteiger partial charge in [-0.1, -0.05) is 13.0 Å². The van der Waals surface area contributed by atoms with Crippen molar-refractivity contribution < 1.29 is 4.79 Å². The number of hydrogen-bond donors (Lipinski definition) is 1. The molecule has 5 nitrogen and oxygen atoms in total. The van der Waals surface area contributed by atoms with Crippen LogP contribution in [0.2, 0.25) is 0 Å². The fourth-order valence-corrected chi connectivity index (χ4v) is 3.11. The molecule has 1 aliphatic heterocycles. The molecule has 0 aliphatic carbocycles. The first-order valence-electron chi connectivity index (χ1n) is 8.48. The minimum Gasteiger partial charge on any atom is -0.340 e. The number of hydrogen-bond acceptors (Lipinski definition) is 4. The number of rotatable bonds is 3. The summed E-state index contributed by atoms with van der Waals surface area (Å²) in [5, 5.41) is 3.27. The van der Waals surface area contributed by atoms with Crippen molar-refractivity contribution in [1.29, 1.82) is 0 Å². The van der Waals surface area contributed by atoms with Gasteiger partial charge in [0.1, 0.15) is 17.8 Å². The smallest absolute Gasteiger partial charge is 0.272 e. The van der Waals surface area contributed by atoms with Crippen LogP contribution in [0.4, 0.5) is 11.5 Å². The normalized spacial score (nSPS) is 15.4. The Kier molecular flexibility index (Phi) is 4.79. The van der Waals surface area contributed by atoms with E-state index in [1.807, 2.05) is 4.90 Å². The number of likely N-dealkylation sites (tertiary alicyclic amines) is 1. The zero-order chi connectivity index (χ0) is 17.1. The van der Waals surface area contributed by atoms with Gasteiger partial charge in [-0.05, 0) is 55.9 Å². The van der Waals surface area contributed by atoms with Crippen LogP contribution in [0.25, 0.3) is 0 Å². The van der Waals surface area contributed by atoms with Gasteiger partial charge in [-0.2, -0.15) is 0 Å². The molecule has 24 heavy (non-hydrogen) atoms. The Morgan fingerprint density at radius 1 is 1.08 bits per heavy atom. The summed E-state index contributed by atoms with van der Waals surface area (Å²) in [4.78, 5) is 22.9. The number of piperidine rings is 1. The molecule has 0 bridgehead atoms. The molecule has 1 amide bonds. The van der Waals surface area contributed by atoms with Gasteiger partial charge in [0.2, 0.25) is 0 Å². The Balaban J connectivity index is 1.75. The molecule has 0 atom stereocenters. The first-order valence-corrected chi connectivity index (χ1v) is 8.48. The van der Waals surface area contributed by atoms with Gasteiger partial charge < -0.3 is 10.2 Å². The molecule has 1 aromatic carbocycles. The van der Waals surface area contributed by atoms with Gasteiger partial charge in [0.05, 0.1) is 0 Å². The summed E-state index contributed by atoms with van der Waals surface area (Å²) in [5.41, 5.74) is 3.79. The molecule has 126 valence electrons. The third kappa shape index (κ3) is 3.91. The third-order valence-electron chi connectivity index (χ3n) is 4.45. The molecule has 1 N–H and O–H groups in total. The highest BCUT2D eigenvalue weighted by Gasteiger charge is 2.22. The zero-order valence-corrected chi connectivity index (χ0v) is 14.5. The number of carbonyl (C=O) groups is 1. The van der Waals surface area contributed by atoms with Crippen LogP contribution in [0.15, 0.2) is 30.6 Å². The van der Waals surface area contributed by atoms with E-state index in [1.54, 1.807) is 6.07 Å². The van der Waals surface area contributed by atoms with Crippen molar-refractivity contribution in [3.63, 3.8) is 0 Å². The molecule has 1 aliphatic rings. The predicted octanol–water partition coefficient (Wildman–Crippen LogP) is 3.71. The Morgan fingerprint density at radius 2 is 1.75 bits per heavy atom. The molecule has 3 rings (SSSR count). The second-order valence-corrected chi connectivity index (χ2v) is 6.76. The number of anilines is 2. The van der Waals surface area contributed by atoms with E-state index in [0.29, 0.717) is 17.4 Å². The number of nitrogens with one attached hydrogen (secondary N) is 1. The van der Waals surface area contributed by atoms with Crippen LogP contribution in [0.3, 0.4) is 0 Å². The Hall–Kier alpha value is -2.43. The van der Waals surface area contributed by atoms with Crippen molar-refractivity contribution in [3.05, 3.63) is 47.4 Å². The fraction of sp³-hybridized carbons (Fsp3) is 0.421. The Morgan fingerprint density at radius 3 is 2.42 bits per heavy atom. The van der Waals surface area contributed by atoms with Gasteiger partial charge in [-0.25, -0.2) is 9.97 Å². The van der Waals surface area contributed by atoms with E-state index in [0.717, 1.165) is 31.6 Å². The van der Waals surface area contributed by atoms with Crippen molar-refractivity contribution in [1.82, 2.24) is 14.9 Å². The van der Waals surface area contributed by atoms with Gasteiger partial charge in [0.25, 0.3) is 5.91 Å². The second-order valence-electron chi connectivity index (χ2n) is 6.76. The van der Waals surface area contributed by atoms with E-state index < -0.39 is 0 Å². The molecular weight excluding hydrogens is 300 g/mol. The second kappa shape index (κ2) is 6.99. The highest BCUT2D eigenvalue weighted by atomic mass is 16.2. The molecule has 2 heterocycles. The van der Waals surface area contributed by atoms with E-state index in [9.17, 15) is 4.79 Å². The lowest BCUT2D eigenvalue weighted by atomic mass is 9.99. The fourth-order valence-electron chi connectivity index (χ4n) is 3.11. The summed E-state index contributed by atoms with van der Waals surface area (Å²) in [6.07, 6.45) is 3.57. The number of amides is 1. The van der Waals surface area contributed by atoms with Crippen LogP contribution in [0, 0.1) is 19.8 Å². The van der Waals surface area contributed by atoms with Gasteiger partial charge in [-0.3, -0.25) is 4.79 Å². The van der Waals surface area contributed by atoms with Crippen LogP contribution in [-0.4, -0.2) is 33.9 Å². The highest BCUT2D eigenvalue weighted by Crippen LogP contribution is 2.20. The predicted molar refractivity (Wildman–Crippen MR) is 95.5 cm³/mol. The summed E-state index contributed by atoms with van der Waals surface area (Å²) in [7, 11) is 0. The minimum atomic E-state index is -0.00669. The van der Waals surface area contributed by atoms with Crippen molar-refractivity contribution in [2.45, 2.75) is 33.6 Å². The van der Waals surface area contributed by atoms with Crippen LogP contribution in [-0.2, 0) is 0 Å². The molecule has 1 aromatic heterocycles. The maximum Gasteiger partial charge on any atom is 0.272 e. The maximum atomic E-state index is 12.6. The number of aryl methyl sites for hydroxylation is 2. The molecular formula is C19H24N4O. The van der Waals surface area contributed by atoms with Gasteiger partial charge in [0, 0.05) is 24.8 Å². The largest absolute Gasteiger partial charge is 0.340 e. The lowest BCUT2D eigenvalue weighted by Crippen LogP contribution is -2.38. The molecule has 0 spiro atoms. The Labute approximate surface area is 143 Å². The highest BCUT2D eigenvalue weighted by molar-refractivity contribution is 5.93. The number of carbonyl (C=O) groups excluding carboxylic acids is 1. The van der Waals surface area contributed by atoms with Gasteiger partial charge in [-0.15, -0.1) is 0 Å². The first kappa shape index (κ1) is 16.4. The molecule has 1 fully saturated rings. The standard InChI is InChI=1S/C19H24N4O/c1-13-4-6-23(7-5-13)19(24)17-11-18(21-12-20-17)22-16-9-14(2)8-15(3)10-16/h8-13H,4-7H2,1-3H3,(H,20,21,22). The van der Waals surface area contributed by atoms with Crippen LogP contribution < -0.4 is 5.32 Å². The quantitative estimate of drug-likeness (QED) is 0.935. The van der Waals surface area contributed by atoms with E-state index >= 15 is 0 Å². The monoisotopic (exact) mass is 324 g/mol. The number of benzene rings is 1. The lowest BCUT2D eigenvalue weighted by molar-refractivity contribution is 0.0691. The average Bonchev–Trinajstić information content (AvgIpc) is 2.54. The number of nitrogens with zero attached hydrogens (tertiary/aromatic N) is 3. The minimum absolute atomic E-state index is 0.00669. The Bertz CT molecular complexity index is 716. The molecule has 2 aromatic rings. The topological polar surface area (TPSA) is 58.1 Å². The van der Waals surface area contributed by atoms with E-state index in [4.69, 9.17) is 0 Å². The van der Waals surface area contributed by atoms with Crippen molar-refractivity contribution in [3.8, 4) is 0 Å². The summed E-state index contributed by atoms with van der Waals surface area (Å²) in [6, 6.07) is 7.97. The molecule has 1 saturated heterocycles. The maximum absolute atomic E-state index is 12.6. The summed E-state index contributed by atoms with van der Waals surface area (Å²) in [5.74, 6) is 1.33. The van der Waals surface area contributed by atoms with Crippen LogP contribution >= 0.6 is 0 Å². The van der Waals surface area contributed by atoms with Gasteiger partial charge >= 0.3 is 0 Å². The summed E-state index contributed by atoms with van der Waals surface area (Å²) in [6.45, 7) is 7.97. The van der Waals surface area contributed by atoms with E-state index in [1.165, 1.54) is 17.5 Å². The SMILES string of the molecule is Cc1cc(C)cc(Nc2cc(C(=O)N3CCC(C)CC3)ncn2)c1. The van der Waals surface area contributed by atoms with Crippen molar-refractivity contribution >= 4 is 17.4 Å². The molecule has 0 radical (unpaired) electrons. The lowest BCUT2D eigenvalue weighted by Gasteiger charge is -2.30. The molecule has 5 heteroatoms. The van der Waals surface area contributed by atoms with Crippen molar-refractivity contribution in [2.24, 2.45) is 5.92 Å². The summed E-state index contributed by atoms with van der Waals surface area (Å²) < 4.78 is 0. The molecule has 0 unspecified atom stereocenters. The van der Waals surface area contributed by atoms with E-state index in [2.05, 4.69) is 54.3 Å². The zero-order valence-electron chi connectivity index (χ0n) is 14.5. The van der Waals surface area contributed by atoms with Gasteiger partial charge in [0.15, 0.2) is 0 Å². The van der Waals surface area contributed by atoms with Crippen LogP contribution in [0.1, 0.15) is 41.4 Å². The van der Waals surface area contributed by atoms with Crippen LogP contribution in [0.5, 0.6) is 0 Å².